The van der Waals surface area contributed by atoms with Crippen molar-refractivity contribution in [2.24, 2.45) is 0 Å². The van der Waals surface area contributed by atoms with E-state index in [9.17, 15) is 4.79 Å². The first-order chi connectivity index (χ1) is 14.1. The molecule has 1 amide bonds. The first kappa shape index (κ1) is 18.9. The Morgan fingerprint density at radius 2 is 1.79 bits per heavy atom. The number of fused-ring (bicyclic) bond motifs is 1. The zero-order chi connectivity index (χ0) is 20.2. The van der Waals surface area contributed by atoms with Gasteiger partial charge in [-0.1, -0.05) is 35.9 Å². The van der Waals surface area contributed by atoms with E-state index in [0.29, 0.717) is 16.5 Å². The molecule has 0 unspecified atom stereocenters. The molecule has 0 fully saturated rings. The largest absolute Gasteiger partial charge is 0.340 e. The topological polar surface area (TPSA) is 66.9 Å². The summed E-state index contributed by atoms with van der Waals surface area (Å²) in [6.45, 7) is 2.04. The van der Waals surface area contributed by atoms with Crippen LogP contribution in [0, 0.1) is 6.92 Å². The van der Waals surface area contributed by atoms with E-state index in [0.717, 1.165) is 27.7 Å². The van der Waals surface area contributed by atoms with Crippen molar-refractivity contribution in [2.45, 2.75) is 13.3 Å². The van der Waals surface area contributed by atoms with Crippen LogP contribution in [0.5, 0.6) is 0 Å². The van der Waals surface area contributed by atoms with Crippen molar-refractivity contribution in [3.63, 3.8) is 0 Å². The Hall–Kier alpha value is -3.44. The number of carbonyl (C=O) groups is 1. The maximum atomic E-state index is 12.4. The Bertz CT molecular complexity index is 1180. The van der Waals surface area contributed by atoms with Crippen LogP contribution >= 0.6 is 11.6 Å². The zero-order valence-corrected chi connectivity index (χ0v) is 16.6. The number of carbonyl (C=O) groups excluding carboxylic acids is 1. The quantitative estimate of drug-likeness (QED) is 0.461. The highest BCUT2D eigenvalue weighted by Gasteiger charge is 2.09. The van der Waals surface area contributed by atoms with E-state index < -0.39 is 0 Å². The molecule has 0 bridgehead atoms. The SMILES string of the molecule is Cc1cccc(Nc2ncnc3ccc(NC(=O)Cc4ccc(Cl)cc4)cc23)c1. The Balaban J connectivity index is 1.56. The third-order valence-electron chi connectivity index (χ3n) is 4.48. The van der Waals surface area contributed by atoms with E-state index >= 15 is 0 Å². The average Bonchev–Trinajstić information content (AvgIpc) is 2.70. The highest BCUT2D eigenvalue weighted by molar-refractivity contribution is 6.30. The number of hydrogen-bond acceptors (Lipinski definition) is 4. The summed E-state index contributed by atoms with van der Waals surface area (Å²) in [5.41, 5.74) is 4.49. The van der Waals surface area contributed by atoms with Gasteiger partial charge in [0.2, 0.25) is 5.91 Å². The predicted molar refractivity (Wildman–Crippen MR) is 118 cm³/mol. The van der Waals surface area contributed by atoms with Crippen LogP contribution in [0.25, 0.3) is 10.9 Å². The number of benzene rings is 3. The van der Waals surface area contributed by atoms with Gasteiger partial charge in [0.15, 0.2) is 0 Å². The number of anilines is 3. The van der Waals surface area contributed by atoms with Crippen molar-refractivity contribution in [2.75, 3.05) is 10.6 Å². The Morgan fingerprint density at radius 1 is 0.966 bits per heavy atom. The zero-order valence-electron chi connectivity index (χ0n) is 15.8. The number of nitrogens with one attached hydrogen (secondary N) is 2. The molecule has 6 heteroatoms. The van der Waals surface area contributed by atoms with Gasteiger partial charge in [0.1, 0.15) is 12.1 Å². The van der Waals surface area contributed by atoms with Gasteiger partial charge in [-0.15, -0.1) is 0 Å². The molecule has 29 heavy (non-hydrogen) atoms. The second-order valence-electron chi connectivity index (χ2n) is 6.80. The van der Waals surface area contributed by atoms with Crippen LogP contribution in [-0.2, 0) is 11.2 Å². The fraction of sp³-hybridized carbons (Fsp3) is 0.0870. The lowest BCUT2D eigenvalue weighted by Gasteiger charge is -2.11. The molecular formula is C23H19ClN4O. The molecule has 1 heterocycles. The van der Waals surface area contributed by atoms with E-state index in [-0.39, 0.29) is 12.3 Å². The minimum absolute atomic E-state index is 0.100. The lowest BCUT2D eigenvalue weighted by molar-refractivity contribution is -0.115. The van der Waals surface area contributed by atoms with Gasteiger partial charge in [-0.2, -0.15) is 0 Å². The van der Waals surface area contributed by atoms with Gasteiger partial charge in [0.25, 0.3) is 0 Å². The molecule has 0 saturated heterocycles. The van der Waals surface area contributed by atoms with Crippen molar-refractivity contribution < 1.29 is 4.79 Å². The van der Waals surface area contributed by atoms with Gasteiger partial charge < -0.3 is 10.6 Å². The molecule has 2 N–H and O–H groups in total. The smallest absolute Gasteiger partial charge is 0.228 e. The third kappa shape index (κ3) is 4.70. The summed E-state index contributed by atoms with van der Waals surface area (Å²) in [5, 5.41) is 7.76. The summed E-state index contributed by atoms with van der Waals surface area (Å²) in [5.74, 6) is 0.589. The van der Waals surface area contributed by atoms with Crippen molar-refractivity contribution in [1.29, 1.82) is 0 Å². The molecule has 3 aromatic carbocycles. The van der Waals surface area contributed by atoms with Crippen LogP contribution in [0.3, 0.4) is 0 Å². The molecule has 0 aliphatic carbocycles. The Labute approximate surface area is 173 Å². The van der Waals surface area contributed by atoms with Crippen LogP contribution in [-0.4, -0.2) is 15.9 Å². The summed E-state index contributed by atoms with van der Waals surface area (Å²) >= 11 is 5.90. The van der Waals surface area contributed by atoms with Crippen LogP contribution in [0.2, 0.25) is 5.02 Å². The Kier molecular flexibility index (Phi) is 5.40. The summed E-state index contributed by atoms with van der Waals surface area (Å²) in [7, 11) is 0. The lowest BCUT2D eigenvalue weighted by atomic mass is 10.1. The van der Waals surface area contributed by atoms with Gasteiger partial charge in [0.05, 0.1) is 11.9 Å². The lowest BCUT2D eigenvalue weighted by Crippen LogP contribution is -2.14. The molecule has 5 nitrogen and oxygen atoms in total. The number of aromatic nitrogens is 2. The maximum absolute atomic E-state index is 12.4. The van der Waals surface area contributed by atoms with Gasteiger partial charge in [0, 0.05) is 21.8 Å². The summed E-state index contributed by atoms with van der Waals surface area (Å²) < 4.78 is 0. The molecule has 0 saturated carbocycles. The first-order valence-electron chi connectivity index (χ1n) is 9.19. The highest BCUT2D eigenvalue weighted by Crippen LogP contribution is 2.26. The number of aryl methyl sites for hydroxylation is 1. The fourth-order valence-electron chi connectivity index (χ4n) is 3.09. The predicted octanol–water partition coefficient (Wildman–Crippen LogP) is 5.52. The summed E-state index contributed by atoms with van der Waals surface area (Å²) in [4.78, 5) is 21.1. The monoisotopic (exact) mass is 402 g/mol. The summed E-state index contributed by atoms with van der Waals surface area (Å²) in [6.07, 6.45) is 1.80. The number of amides is 1. The van der Waals surface area contributed by atoms with Gasteiger partial charge >= 0.3 is 0 Å². The minimum atomic E-state index is -0.100. The molecule has 4 aromatic rings. The van der Waals surface area contributed by atoms with Gasteiger partial charge in [-0.3, -0.25) is 4.79 Å². The van der Waals surface area contributed by atoms with Crippen LogP contribution in [0.1, 0.15) is 11.1 Å². The van der Waals surface area contributed by atoms with E-state index in [4.69, 9.17) is 11.6 Å². The number of rotatable bonds is 5. The van der Waals surface area contributed by atoms with Crippen LogP contribution < -0.4 is 10.6 Å². The summed E-state index contributed by atoms with van der Waals surface area (Å²) in [6, 6.07) is 20.9. The van der Waals surface area contributed by atoms with E-state index in [1.165, 1.54) is 6.33 Å². The minimum Gasteiger partial charge on any atom is -0.340 e. The molecule has 1 aromatic heterocycles. The third-order valence-corrected chi connectivity index (χ3v) is 4.73. The van der Waals surface area contributed by atoms with E-state index in [1.807, 2.05) is 61.5 Å². The number of hydrogen-bond donors (Lipinski definition) is 2. The average molecular weight is 403 g/mol. The van der Waals surface area contributed by atoms with E-state index in [1.54, 1.807) is 12.1 Å². The fourth-order valence-corrected chi connectivity index (χ4v) is 3.21. The van der Waals surface area contributed by atoms with Crippen LogP contribution in [0.15, 0.2) is 73.1 Å². The second kappa shape index (κ2) is 8.29. The highest BCUT2D eigenvalue weighted by atomic mass is 35.5. The molecule has 144 valence electrons. The molecule has 0 spiro atoms. The van der Waals surface area contributed by atoms with Crippen molar-refractivity contribution in [3.05, 3.63) is 89.2 Å². The number of halogens is 1. The van der Waals surface area contributed by atoms with Crippen LogP contribution in [0.4, 0.5) is 17.2 Å². The maximum Gasteiger partial charge on any atom is 0.228 e. The standard InChI is InChI=1S/C23H19ClN4O/c1-15-3-2-4-18(11-15)28-23-20-13-19(9-10-21(20)25-14-26-23)27-22(29)12-16-5-7-17(24)8-6-16/h2-11,13-14H,12H2,1H3,(H,27,29)(H,25,26,28). The molecule has 0 aliphatic rings. The van der Waals surface area contributed by atoms with E-state index in [2.05, 4.69) is 20.6 Å². The van der Waals surface area contributed by atoms with Crippen molar-refractivity contribution >= 4 is 45.6 Å². The Morgan fingerprint density at radius 3 is 2.59 bits per heavy atom. The van der Waals surface area contributed by atoms with Crippen molar-refractivity contribution in [1.82, 2.24) is 9.97 Å². The van der Waals surface area contributed by atoms with Gasteiger partial charge in [-0.05, 0) is 60.5 Å². The second-order valence-corrected chi connectivity index (χ2v) is 7.24. The number of nitrogens with zero attached hydrogens (tertiary/aromatic N) is 2. The van der Waals surface area contributed by atoms with Gasteiger partial charge in [-0.25, -0.2) is 9.97 Å². The van der Waals surface area contributed by atoms with Crippen molar-refractivity contribution in [3.8, 4) is 0 Å². The first-order valence-corrected chi connectivity index (χ1v) is 9.57. The normalized spacial score (nSPS) is 10.7. The molecule has 0 aliphatic heterocycles. The molecular weight excluding hydrogens is 384 g/mol. The molecule has 0 radical (unpaired) electrons. The molecule has 0 atom stereocenters. The molecule has 4 rings (SSSR count).